The monoisotopic (exact) mass is 274 g/mol. The van der Waals surface area contributed by atoms with Crippen LogP contribution >= 0.6 is 0 Å². The van der Waals surface area contributed by atoms with Crippen molar-refractivity contribution < 1.29 is 4.79 Å². The van der Waals surface area contributed by atoms with Crippen LogP contribution in [0.25, 0.3) is 0 Å². The molecule has 2 aliphatic rings. The summed E-state index contributed by atoms with van der Waals surface area (Å²) in [5.74, 6) is 2.04. The van der Waals surface area contributed by atoms with Crippen molar-refractivity contribution >= 4 is 11.6 Å². The van der Waals surface area contributed by atoms with Crippen LogP contribution in [0.15, 0.2) is 6.20 Å². The molecule has 3 N–H and O–H groups in total. The number of anilines is 1. The summed E-state index contributed by atoms with van der Waals surface area (Å²) in [5.41, 5.74) is 6.55. The molecule has 108 valence electrons. The van der Waals surface area contributed by atoms with Crippen molar-refractivity contribution in [3.8, 4) is 0 Å². The third-order valence-corrected chi connectivity index (χ3v) is 4.12. The quantitative estimate of drug-likeness (QED) is 0.861. The van der Waals surface area contributed by atoms with E-state index in [0.717, 1.165) is 0 Å². The summed E-state index contributed by atoms with van der Waals surface area (Å²) in [7, 11) is 0. The minimum atomic E-state index is -0.143. The number of hydrogen-bond donors (Lipinski definition) is 2. The molecule has 2 aliphatic carbocycles. The number of carbonyl (C=O) groups excluding carboxylic acids is 1. The first-order valence-corrected chi connectivity index (χ1v) is 7.49. The summed E-state index contributed by atoms with van der Waals surface area (Å²) in [4.78, 5) is 20.9. The minimum Gasteiger partial charge on any atom is -0.396 e. The maximum atomic E-state index is 12.4. The van der Waals surface area contributed by atoms with Gasteiger partial charge in [0.2, 0.25) is 0 Å². The number of nitrogens with one attached hydrogen (secondary N) is 1. The van der Waals surface area contributed by atoms with Gasteiger partial charge in [0.1, 0.15) is 5.82 Å². The van der Waals surface area contributed by atoms with Gasteiger partial charge >= 0.3 is 0 Å². The Morgan fingerprint density at radius 3 is 2.40 bits per heavy atom. The molecule has 0 bridgehead atoms. The van der Waals surface area contributed by atoms with Gasteiger partial charge in [0, 0.05) is 12.0 Å². The average Bonchev–Trinajstić information content (AvgIpc) is 3.28. The number of nitrogens with two attached hydrogens (primary N) is 1. The van der Waals surface area contributed by atoms with Crippen molar-refractivity contribution in [3.63, 3.8) is 0 Å². The predicted octanol–water partition coefficient (Wildman–Crippen LogP) is 2.10. The lowest BCUT2D eigenvalue weighted by Crippen LogP contribution is -2.39. The normalized spacial score (nSPS) is 18.6. The first-order valence-electron chi connectivity index (χ1n) is 7.49. The smallest absolute Gasteiger partial charge is 0.272 e. The van der Waals surface area contributed by atoms with Crippen molar-refractivity contribution in [3.05, 3.63) is 17.7 Å². The highest BCUT2D eigenvalue weighted by atomic mass is 16.2. The van der Waals surface area contributed by atoms with Gasteiger partial charge in [-0.3, -0.25) is 4.79 Å². The molecule has 1 amide bonds. The van der Waals surface area contributed by atoms with E-state index in [0.29, 0.717) is 35.1 Å². The van der Waals surface area contributed by atoms with Gasteiger partial charge in [-0.15, -0.1) is 0 Å². The maximum Gasteiger partial charge on any atom is 0.272 e. The van der Waals surface area contributed by atoms with Crippen LogP contribution in [-0.2, 0) is 0 Å². The SMILES string of the molecule is CC(C)c1ncc(N)c(C(=O)NC(C2CC2)C2CC2)n1. The lowest BCUT2D eigenvalue weighted by Gasteiger charge is -2.18. The zero-order valence-electron chi connectivity index (χ0n) is 12.1. The van der Waals surface area contributed by atoms with E-state index >= 15 is 0 Å². The Morgan fingerprint density at radius 1 is 1.30 bits per heavy atom. The number of aromatic nitrogens is 2. The Bertz CT molecular complexity index is 509. The van der Waals surface area contributed by atoms with Crippen LogP contribution in [0.5, 0.6) is 0 Å². The number of nitrogen functional groups attached to an aromatic ring is 1. The summed E-state index contributed by atoms with van der Waals surface area (Å²) in [5, 5.41) is 3.15. The lowest BCUT2D eigenvalue weighted by atomic mass is 10.1. The molecule has 20 heavy (non-hydrogen) atoms. The number of hydrogen-bond acceptors (Lipinski definition) is 4. The number of carbonyl (C=O) groups is 1. The van der Waals surface area contributed by atoms with Crippen LogP contribution in [-0.4, -0.2) is 21.9 Å². The van der Waals surface area contributed by atoms with Gasteiger partial charge in [0.15, 0.2) is 5.69 Å². The Hall–Kier alpha value is -1.65. The Labute approximate surface area is 119 Å². The van der Waals surface area contributed by atoms with Crippen molar-refractivity contribution in [2.75, 3.05) is 5.73 Å². The molecule has 2 fully saturated rings. The molecule has 5 nitrogen and oxygen atoms in total. The van der Waals surface area contributed by atoms with E-state index in [2.05, 4.69) is 15.3 Å². The van der Waals surface area contributed by atoms with Crippen LogP contribution in [0.2, 0.25) is 0 Å². The van der Waals surface area contributed by atoms with E-state index in [-0.39, 0.29) is 11.8 Å². The van der Waals surface area contributed by atoms with Crippen molar-refractivity contribution in [1.29, 1.82) is 0 Å². The van der Waals surface area contributed by atoms with Crippen LogP contribution in [0, 0.1) is 11.8 Å². The number of amides is 1. The largest absolute Gasteiger partial charge is 0.396 e. The van der Waals surface area contributed by atoms with E-state index in [1.54, 1.807) is 6.20 Å². The fourth-order valence-corrected chi connectivity index (χ4v) is 2.62. The van der Waals surface area contributed by atoms with Crippen molar-refractivity contribution in [2.45, 2.75) is 51.5 Å². The fourth-order valence-electron chi connectivity index (χ4n) is 2.62. The first kappa shape index (κ1) is 13.3. The molecule has 0 unspecified atom stereocenters. The highest BCUT2D eigenvalue weighted by Crippen LogP contribution is 2.44. The second-order valence-corrected chi connectivity index (χ2v) is 6.36. The zero-order chi connectivity index (χ0) is 14.3. The third-order valence-electron chi connectivity index (χ3n) is 4.12. The first-order chi connectivity index (χ1) is 9.56. The average molecular weight is 274 g/mol. The molecule has 3 rings (SSSR count). The maximum absolute atomic E-state index is 12.4. The van der Waals surface area contributed by atoms with Gasteiger partial charge in [-0.1, -0.05) is 13.8 Å². The van der Waals surface area contributed by atoms with Crippen LogP contribution in [0.3, 0.4) is 0 Å². The molecular formula is C15H22N4O. The van der Waals surface area contributed by atoms with Gasteiger partial charge in [-0.05, 0) is 37.5 Å². The second kappa shape index (κ2) is 5.04. The molecule has 1 aromatic heterocycles. The fraction of sp³-hybridized carbons (Fsp3) is 0.667. The van der Waals surface area contributed by atoms with Gasteiger partial charge < -0.3 is 11.1 Å². The molecule has 1 aromatic rings. The van der Waals surface area contributed by atoms with E-state index in [1.807, 2.05) is 13.8 Å². The Kier molecular flexibility index (Phi) is 3.36. The molecule has 0 aliphatic heterocycles. The zero-order valence-corrected chi connectivity index (χ0v) is 12.1. The molecule has 0 radical (unpaired) electrons. The molecule has 0 aromatic carbocycles. The molecule has 5 heteroatoms. The van der Waals surface area contributed by atoms with E-state index in [9.17, 15) is 4.79 Å². The van der Waals surface area contributed by atoms with Gasteiger partial charge in [0.25, 0.3) is 5.91 Å². The molecular weight excluding hydrogens is 252 g/mol. The minimum absolute atomic E-state index is 0.143. The molecule has 0 atom stereocenters. The highest BCUT2D eigenvalue weighted by molar-refractivity contribution is 5.97. The standard InChI is InChI=1S/C15H22N4O/c1-8(2)14-17-7-11(16)13(18-14)15(20)19-12(9-3-4-9)10-5-6-10/h7-10,12H,3-6,16H2,1-2H3,(H,19,20). The van der Waals surface area contributed by atoms with Crippen LogP contribution in [0.4, 0.5) is 5.69 Å². The number of rotatable bonds is 5. The summed E-state index contributed by atoms with van der Waals surface area (Å²) in [6.07, 6.45) is 6.48. The Balaban J connectivity index is 1.77. The molecule has 0 spiro atoms. The van der Waals surface area contributed by atoms with E-state index in [4.69, 9.17) is 5.73 Å². The number of nitrogens with zero attached hydrogens (tertiary/aromatic N) is 2. The van der Waals surface area contributed by atoms with E-state index in [1.165, 1.54) is 25.7 Å². The summed E-state index contributed by atoms with van der Waals surface area (Å²) in [6.45, 7) is 4.01. The molecule has 2 saturated carbocycles. The van der Waals surface area contributed by atoms with Crippen LogP contribution in [0.1, 0.15) is 61.8 Å². The lowest BCUT2D eigenvalue weighted by molar-refractivity contribution is 0.0921. The summed E-state index contributed by atoms with van der Waals surface area (Å²) in [6, 6.07) is 0.319. The van der Waals surface area contributed by atoms with Crippen molar-refractivity contribution in [1.82, 2.24) is 15.3 Å². The predicted molar refractivity (Wildman–Crippen MR) is 77.2 cm³/mol. The summed E-state index contributed by atoms with van der Waals surface area (Å²) >= 11 is 0. The van der Waals surface area contributed by atoms with Crippen molar-refractivity contribution in [2.24, 2.45) is 11.8 Å². The Morgan fingerprint density at radius 2 is 1.90 bits per heavy atom. The summed E-state index contributed by atoms with van der Waals surface area (Å²) < 4.78 is 0. The van der Waals surface area contributed by atoms with Gasteiger partial charge in [-0.25, -0.2) is 9.97 Å². The highest BCUT2D eigenvalue weighted by Gasteiger charge is 2.42. The van der Waals surface area contributed by atoms with E-state index < -0.39 is 0 Å². The second-order valence-electron chi connectivity index (χ2n) is 6.36. The topological polar surface area (TPSA) is 80.9 Å². The molecule has 1 heterocycles. The molecule has 0 saturated heterocycles. The third kappa shape index (κ3) is 2.76. The van der Waals surface area contributed by atoms with Crippen LogP contribution < -0.4 is 11.1 Å². The van der Waals surface area contributed by atoms with Gasteiger partial charge in [-0.2, -0.15) is 0 Å². The van der Waals surface area contributed by atoms with Gasteiger partial charge in [0.05, 0.1) is 11.9 Å².